The normalized spacial score (nSPS) is 14.5. The number of rotatable bonds is 8. The van der Waals surface area contributed by atoms with Crippen LogP contribution in [0.1, 0.15) is 18.4 Å². The maximum Gasteiger partial charge on any atom is 0.264 e. The van der Waals surface area contributed by atoms with Crippen LogP contribution < -0.4 is 9.62 Å². The first-order chi connectivity index (χ1) is 17.5. The molecule has 0 aliphatic carbocycles. The molecular formula is C25H25Cl2N3O5S2. The molecule has 12 heteroatoms. The molecule has 1 aliphatic heterocycles. The van der Waals surface area contributed by atoms with Gasteiger partial charge in [-0.3, -0.25) is 9.10 Å². The molecule has 1 heterocycles. The summed E-state index contributed by atoms with van der Waals surface area (Å²) < 4.78 is 54.9. The maximum absolute atomic E-state index is 13.5. The number of carbonyl (C=O) groups excluding carboxylic acids is 1. The van der Waals surface area contributed by atoms with E-state index in [4.69, 9.17) is 23.2 Å². The predicted molar refractivity (Wildman–Crippen MR) is 145 cm³/mol. The van der Waals surface area contributed by atoms with Gasteiger partial charge in [0.15, 0.2) is 0 Å². The zero-order chi connectivity index (χ0) is 26.8. The first kappa shape index (κ1) is 27.4. The number of hydrogen-bond acceptors (Lipinski definition) is 5. The highest BCUT2D eigenvalue weighted by molar-refractivity contribution is 7.92. The van der Waals surface area contributed by atoms with Crippen molar-refractivity contribution in [1.82, 2.24) is 4.31 Å². The van der Waals surface area contributed by atoms with E-state index in [2.05, 4.69) is 5.32 Å². The van der Waals surface area contributed by atoms with E-state index in [1.54, 1.807) is 12.1 Å². The topological polar surface area (TPSA) is 104 Å². The molecular weight excluding hydrogens is 557 g/mol. The quantitative estimate of drug-likeness (QED) is 0.406. The Bertz CT molecular complexity index is 1500. The van der Waals surface area contributed by atoms with E-state index in [1.165, 1.54) is 58.9 Å². The van der Waals surface area contributed by atoms with Gasteiger partial charge < -0.3 is 5.32 Å². The van der Waals surface area contributed by atoms with Gasteiger partial charge in [0.2, 0.25) is 15.9 Å². The number of hydrogen-bond donors (Lipinski definition) is 1. The molecule has 37 heavy (non-hydrogen) atoms. The summed E-state index contributed by atoms with van der Waals surface area (Å²) in [5, 5.41) is 3.02. The standard InChI is InChI=1S/C25H25Cl2N3O5S2/c1-18-4-9-22(10-5-18)37(34,35)30(20-8-13-23(26)24(27)16-20)17-25(31)28-19-6-11-21(12-7-19)36(32,33)29-14-2-3-15-29/h4-13,16H,2-3,14-15,17H2,1H3,(H,28,31). The monoisotopic (exact) mass is 581 g/mol. The largest absolute Gasteiger partial charge is 0.325 e. The van der Waals surface area contributed by atoms with Gasteiger partial charge in [-0.05, 0) is 74.4 Å². The first-order valence-electron chi connectivity index (χ1n) is 11.4. The second-order valence-corrected chi connectivity index (χ2v) is 13.2. The van der Waals surface area contributed by atoms with E-state index in [1.807, 2.05) is 6.92 Å². The Morgan fingerprint density at radius 1 is 0.865 bits per heavy atom. The molecule has 1 amide bonds. The highest BCUT2D eigenvalue weighted by atomic mass is 35.5. The van der Waals surface area contributed by atoms with E-state index in [-0.39, 0.29) is 25.5 Å². The number of amides is 1. The van der Waals surface area contributed by atoms with Crippen LogP contribution in [0.5, 0.6) is 0 Å². The number of anilines is 2. The minimum Gasteiger partial charge on any atom is -0.325 e. The fraction of sp³-hybridized carbons (Fsp3) is 0.240. The van der Waals surface area contributed by atoms with Crippen molar-refractivity contribution in [3.05, 3.63) is 82.3 Å². The molecule has 0 aromatic heterocycles. The zero-order valence-electron chi connectivity index (χ0n) is 19.9. The Morgan fingerprint density at radius 2 is 1.46 bits per heavy atom. The van der Waals surface area contributed by atoms with E-state index >= 15 is 0 Å². The van der Waals surface area contributed by atoms with Crippen LogP contribution in [0.2, 0.25) is 10.0 Å². The summed E-state index contributed by atoms with van der Waals surface area (Å²) in [4.78, 5) is 13.1. The average molecular weight is 583 g/mol. The van der Waals surface area contributed by atoms with Crippen LogP contribution in [0.3, 0.4) is 0 Å². The summed E-state index contributed by atoms with van der Waals surface area (Å²) in [7, 11) is -7.73. The fourth-order valence-electron chi connectivity index (χ4n) is 3.91. The number of nitrogens with one attached hydrogen (secondary N) is 1. The molecule has 1 saturated heterocycles. The maximum atomic E-state index is 13.5. The minimum atomic E-state index is -4.14. The first-order valence-corrected chi connectivity index (χ1v) is 15.1. The van der Waals surface area contributed by atoms with Crippen LogP contribution in [0.15, 0.2) is 76.5 Å². The van der Waals surface area contributed by atoms with Gasteiger partial charge in [-0.2, -0.15) is 4.31 Å². The van der Waals surface area contributed by atoms with Crippen LogP contribution in [-0.4, -0.2) is 46.7 Å². The van der Waals surface area contributed by atoms with Crippen molar-refractivity contribution in [2.75, 3.05) is 29.3 Å². The molecule has 0 spiro atoms. The van der Waals surface area contributed by atoms with Gasteiger partial charge in [0.05, 0.1) is 25.5 Å². The molecule has 3 aromatic carbocycles. The molecule has 0 unspecified atom stereocenters. The smallest absolute Gasteiger partial charge is 0.264 e. The molecule has 1 aliphatic rings. The van der Waals surface area contributed by atoms with Crippen molar-refractivity contribution < 1.29 is 21.6 Å². The molecule has 0 saturated carbocycles. The second-order valence-electron chi connectivity index (χ2n) is 8.61. The summed E-state index contributed by atoms with van der Waals surface area (Å²) in [6.45, 7) is 2.26. The number of halogens is 2. The lowest BCUT2D eigenvalue weighted by atomic mass is 10.2. The highest BCUT2D eigenvalue weighted by Gasteiger charge is 2.29. The van der Waals surface area contributed by atoms with Gasteiger partial charge in [-0.15, -0.1) is 0 Å². The number of sulfonamides is 2. The van der Waals surface area contributed by atoms with Crippen LogP contribution in [0.25, 0.3) is 0 Å². The lowest BCUT2D eigenvalue weighted by molar-refractivity contribution is -0.114. The van der Waals surface area contributed by atoms with Crippen molar-refractivity contribution >= 4 is 60.5 Å². The Morgan fingerprint density at radius 3 is 2.05 bits per heavy atom. The molecule has 1 fully saturated rings. The van der Waals surface area contributed by atoms with Crippen LogP contribution >= 0.6 is 23.2 Å². The van der Waals surface area contributed by atoms with Gasteiger partial charge in [0, 0.05) is 18.8 Å². The Hall–Kier alpha value is -2.63. The van der Waals surface area contributed by atoms with Crippen LogP contribution in [0.4, 0.5) is 11.4 Å². The molecule has 0 atom stereocenters. The SMILES string of the molecule is Cc1ccc(S(=O)(=O)N(CC(=O)Nc2ccc(S(=O)(=O)N3CCCC3)cc2)c2ccc(Cl)c(Cl)c2)cc1. The minimum absolute atomic E-state index is 0.00782. The lowest BCUT2D eigenvalue weighted by Crippen LogP contribution is -2.38. The average Bonchev–Trinajstić information content (AvgIpc) is 3.41. The summed E-state index contributed by atoms with van der Waals surface area (Å²) >= 11 is 12.1. The van der Waals surface area contributed by atoms with E-state index in [0.717, 1.165) is 22.7 Å². The summed E-state index contributed by atoms with van der Waals surface area (Å²) in [6, 6.07) is 16.3. The third kappa shape index (κ3) is 6.10. The van der Waals surface area contributed by atoms with Crippen molar-refractivity contribution in [2.45, 2.75) is 29.6 Å². The summed E-state index contributed by atoms with van der Waals surface area (Å²) in [5.41, 5.74) is 1.37. The van der Waals surface area contributed by atoms with Crippen LogP contribution in [-0.2, 0) is 24.8 Å². The number of carbonyl (C=O) groups is 1. The Labute approximate surface area is 226 Å². The number of aryl methyl sites for hydroxylation is 1. The molecule has 4 rings (SSSR count). The summed E-state index contributed by atoms with van der Waals surface area (Å²) in [5.74, 6) is -0.628. The van der Waals surface area contributed by atoms with Gasteiger partial charge in [0.1, 0.15) is 6.54 Å². The lowest BCUT2D eigenvalue weighted by Gasteiger charge is -2.24. The van der Waals surface area contributed by atoms with Gasteiger partial charge in [-0.1, -0.05) is 40.9 Å². The molecule has 196 valence electrons. The van der Waals surface area contributed by atoms with E-state index < -0.39 is 32.5 Å². The fourth-order valence-corrected chi connectivity index (χ4v) is 7.13. The van der Waals surface area contributed by atoms with Crippen LogP contribution in [0, 0.1) is 6.92 Å². The molecule has 3 aromatic rings. The second kappa shape index (κ2) is 11.0. The van der Waals surface area contributed by atoms with Crippen molar-refractivity contribution in [1.29, 1.82) is 0 Å². The van der Waals surface area contributed by atoms with Gasteiger partial charge in [0.25, 0.3) is 10.0 Å². The van der Waals surface area contributed by atoms with Crippen molar-refractivity contribution in [3.63, 3.8) is 0 Å². The number of nitrogens with zero attached hydrogens (tertiary/aromatic N) is 2. The third-order valence-corrected chi connectivity index (χ3v) is 10.4. The highest BCUT2D eigenvalue weighted by Crippen LogP contribution is 2.31. The third-order valence-electron chi connectivity index (χ3n) is 5.93. The Kier molecular flexibility index (Phi) is 8.15. The predicted octanol–water partition coefficient (Wildman–Crippen LogP) is 4.92. The molecule has 0 radical (unpaired) electrons. The van der Waals surface area contributed by atoms with E-state index in [0.29, 0.717) is 18.8 Å². The zero-order valence-corrected chi connectivity index (χ0v) is 23.0. The molecule has 8 nitrogen and oxygen atoms in total. The van der Waals surface area contributed by atoms with Gasteiger partial charge in [-0.25, -0.2) is 16.8 Å². The van der Waals surface area contributed by atoms with Crippen molar-refractivity contribution in [2.24, 2.45) is 0 Å². The molecule has 0 bridgehead atoms. The summed E-state index contributed by atoms with van der Waals surface area (Å²) in [6.07, 6.45) is 1.66. The Balaban J connectivity index is 1.57. The van der Waals surface area contributed by atoms with Gasteiger partial charge >= 0.3 is 0 Å². The number of benzene rings is 3. The molecule has 1 N–H and O–H groups in total. The van der Waals surface area contributed by atoms with E-state index in [9.17, 15) is 21.6 Å². The van der Waals surface area contributed by atoms with Crippen molar-refractivity contribution in [3.8, 4) is 0 Å².